The van der Waals surface area contributed by atoms with E-state index in [1.165, 1.54) is 9.13 Å². The molecule has 1 aromatic heterocycles. The summed E-state index contributed by atoms with van der Waals surface area (Å²) in [5.74, 6) is 0.808. The van der Waals surface area contributed by atoms with Gasteiger partial charge in [0.1, 0.15) is 19.8 Å². The molecule has 2 heterocycles. The summed E-state index contributed by atoms with van der Waals surface area (Å²) < 4.78 is 13.6. The molecule has 0 fully saturated rings. The van der Waals surface area contributed by atoms with Crippen LogP contribution < -0.4 is 26.0 Å². The number of hydrogen-bond donors (Lipinski definition) is 1. The molecule has 2 aromatic carbocycles. The zero-order valence-corrected chi connectivity index (χ0v) is 16.9. The van der Waals surface area contributed by atoms with Gasteiger partial charge in [0, 0.05) is 17.8 Å². The zero-order chi connectivity index (χ0) is 21.3. The second-order valence-electron chi connectivity index (χ2n) is 7.22. The summed E-state index contributed by atoms with van der Waals surface area (Å²) in [7, 11) is 0. The number of nitrogens with zero attached hydrogens (tertiary/aromatic N) is 2. The number of hydrogen-bond acceptors (Lipinski definition) is 5. The lowest BCUT2D eigenvalue weighted by molar-refractivity contribution is -0.116. The first-order valence-electron chi connectivity index (χ1n) is 9.93. The summed E-state index contributed by atoms with van der Waals surface area (Å²) in [5.41, 5.74) is 0.139. The first kappa shape index (κ1) is 19.8. The minimum absolute atomic E-state index is 0.218. The number of fused-ring (bicyclic) bond motifs is 2. The van der Waals surface area contributed by atoms with Crippen LogP contribution in [0, 0.1) is 0 Å². The van der Waals surface area contributed by atoms with Crippen molar-refractivity contribution in [2.45, 2.75) is 32.9 Å². The van der Waals surface area contributed by atoms with E-state index in [1.807, 2.05) is 13.8 Å². The fraction of sp³-hybridized carbons (Fsp3) is 0.318. The van der Waals surface area contributed by atoms with Gasteiger partial charge in [-0.2, -0.15) is 0 Å². The van der Waals surface area contributed by atoms with Gasteiger partial charge < -0.3 is 14.8 Å². The third kappa shape index (κ3) is 3.56. The van der Waals surface area contributed by atoms with Gasteiger partial charge >= 0.3 is 5.69 Å². The van der Waals surface area contributed by atoms with E-state index in [9.17, 15) is 14.4 Å². The van der Waals surface area contributed by atoms with Gasteiger partial charge in [-0.05, 0) is 37.6 Å². The summed E-state index contributed by atoms with van der Waals surface area (Å²) in [6.45, 7) is 4.44. The van der Waals surface area contributed by atoms with Crippen LogP contribution in [0.5, 0.6) is 11.5 Å². The number of carbonyl (C=O) groups excluding carboxylic acids is 1. The Labute approximate surface area is 172 Å². The molecule has 1 unspecified atom stereocenters. The molecule has 0 aliphatic carbocycles. The van der Waals surface area contributed by atoms with Gasteiger partial charge in [0.05, 0.1) is 10.9 Å². The molecule has 1 atom stereocenters. The second-order valence-corrected chi connectivity index (χ2v) is 7.22. The summed E-state index contributed by atoms with van der Waals surface area (Å²) in [5, 5.41) is 3.20. The Balaban J connectivity index is 1.69. The molecule has 0 saturated heterocycles. The van der Waals surface area contributed by atoms with Crippen LogP contribution in [0.2, 0.25) is 0 Å². The first-order valence-corrected chi connectivity index (χ1v) is 9.93. The van der Waals surface area contributed by atoms with Crippen LogP contribution >= 0.6 is 0 Å². The number of carbonyl (C=O) groups is 1. The van der Waals surface area contributed by atoms with Crippen molar-refractivity contribution in [1.29, 1.82) is 0 Å². The van der Waals surface area contributed by atoms with Crippen LogP contribution in [0.15, 0.2) is 52.1 Å². The van der Waals surface area contributed by atoms with Crippen molar-refractivity contribution in [2.24, 2.45) is 0 Å². The van der Waals surface area contributed by atoms with Crippen molar-refractivity contribution in [1.82, 2.24) is 9.13 Å². The van der Waals surface area contributed by atoms with Crippen LogP contribution in [0.4, 0.5) is 5.69 Å². The van der Waals surface area contributed by atoms with Crippen LogP contribution in [-0.4, -0.2) is 28.3 Å². The van der Waals surface area contributed by atoms with Crippen molar-refractivity contribution in [3.8, 4) is 11.5 Å². The van der Waals surface area contributed by atoms with Gasteiger partial charge in [0.2, 0.25) is 5.91 Å². The zero-order valence-electron chi connectivity index (χ0n) is 16.9. The molecule has 156 valence electrons. The Morgan fingerprint density at radius 2 is 1.83 bits per heavy atom. The van der Waals surface area contributed by atoms with E-state index in [1.54, 1.807) is 42.5 Å². The van der Waals surface area contributed by atoms with E-state index in [0.29, 0.717) is 47.7 Å². The maximum Gasteiger partial charge on any atom is 0.332 e. The minimum atomic E-state index is -0.495. The molecule has 8 nitrogen and oxygen atoms in total. The molecule has 1 N–H and O–H groups in total. The Bertz CT molecular complexity index is 1230. The maximum atomic E-state index is 13.1. The Morgan fingerprint density at radius 1 is 1.10 bits per heavy atom. The second kappa shape index (κ2) is 8.06. The van der Waals surface area contributed by atoms with E-state index in [-0.39, 0.29) is 24.1 Å². The van der Waals surface area contributed by atoms with Gasteiger partial charge in [0.15, 0.2) is 11.5 Å². The molecule has 8 heteroatoms. The summed E-state index contributed by atoms with van der Waals surface area (Å²) in [4.78, 5) is 38.7. The fourth-order valence-electron chi connectivity index (χ4n) is 3.53. The Hall–Kier alpha value is -3.55. The molecular formula is C22H23N3O5. The third-order valence-corrected chi connectivity index (χ3v) is 5.24. The van der Waals surface area contributed by atoms with E-state index in [4.69, 9.17) is 9.47 Å². The molecule has 0 spiro atoms. The van der Waals surface area contributed by atoms with Crippen molar-refractivity contribution >= 4 is 22.5 Å². The molecule has 0 radical (unpaired) electrons. The monoisotopic (exact) mass is 409 g/mol. The average molecular weight is 409 g/mol. The number of amides is 1. The van der Waals surface area contributed by atoms with Crippen molar-refractivity contribution < 1.29 is 14.3 Å². The molecule has 30 heavy (non-hydrogen) atoms. The molecule has 1 amide bonds. The SMILES string of the molecule is CCC(C)n1c(=O)c2ccccc2n(CC(=O)Nc2ccc3c(c2)OCCO3)c1=O. The maximum absolute atomic E-state index is 13.1. The molecule has 3 aromatic rings. The molecule has 0 bridgehead atoms. The predicted octanol–water partition coefficient (Wildman–Crippen LogP) is 2.54. The highest BCUT2D eigenvalue weighted by Gasteiger charge is 2.18. The standard InChI is InChI=1S/C22H23N3O5/c1-3-14(2)25-21(27)16-6-4-5-7-17(16)24(22(25)28)13-20(26)23-15-8-9-18-19(12-15)30-11-10-29-18/h4-9,12,14H,3,10-11,13H2,1-2H3,(H,23,26). The largest absolute Gasteiger partial charge is 0.486 e. The lowest BCUT2D eigenvalue weighted by Crippen LogP contribution is -2.43. The van der Waals surface area contributed by atoms with E-state index >= 15 is 0 Å². The lowest BCUT2D eigenvalue weighted by atomic mass is 10.2. The average Bonchev–Trinajstić information content (AvgIpc) is 2.76. The van der Waals surface area contributed by atoms with Crippen molar-refractivity contribution in [2.75, 3.05) is 18.5 Å². The van der Waals surface area contributed by atoms with Gasteiger partial charge in [0.25, 0.3) is 5.56 Å². The molecule has 0 saturated carbocycles. The van der Waals surface area contributed by atoms with Crippen molar-refractivity contribution in [3.05, 3.63) is 63.3 Å². The van der Waals surface area contributed by atoms with E-state index in [0.717, 1.165) is 0 Å². The van der Waals surface area contributed by atoms with Crippen LogP contribution in [0.25, 0.3) is 10.9 Å². The fourth-order valence-corrected chi connectivity index (χ4v) is 3.53. The number of rotatable bonds is 5. The van der Waals surface area contributed by atoms with Gasteiger partial charge in [-0.3, -0.25) is 18.7 Å². The molecular weight excluding hydrogens is 386 g/mol. The number of para-hydroxylation sites is 1. The van der Waals surface area contributed by atoms with E-state index in [2.05, 4.69) is 5.32 Å². The lowest BCUT2D eigenvalue weighted by Gasteiger charge is -2.19. The van der Waals surface area contributed by atoms with Crippen LogP contribution in [0.1, 0.15) is 26.3 Å². The third-order valence-electron chi connectivity index (χ3n) is 5.24. The van der Waals surface area contributed by atoms with E-state index < -0.39 is 5.69 Å². The number of benzene rings is 2. The number of nitrogens with one attached hydrogen (secondary N) is 1. The molecule has 4 rings (SSSR count). The topological polar surface area (TPSA) is 91.6 Å². The summed E-state index contributed by atoms with van der Waals surface area (Å²) >= 11 is 0. The molecule has 1 aliphatic heterocycles. The summed E-state index contributed by atoms with van der Waals surface area (Å²) in [6, 6.07) is 11.7. The number of anilines is 1. The smallest absolute Gasteiger partial charge is 0.332 e. The van der Waals surface area contributed by atoms with Gasteiger partial charge in [-0.1, -0.05) is 19.1 Å². The highest BCUT2D eigenvalue weighted by atomic mass is 16.6. The number of ether oxygens (including phenoxy) is 2. The highest BCUT2D eigenvalue weighted by Crippen LogP contribution is 2.32. The normalized spacial score (nSPS) is 13.8. The van der Waals surface area contributed by atoms with Gasteiger partial charge in [-0.25, -0.2) is 4.79 Å². The Kier molecular flexibility index (Phi) is 5.31. The quantitative estimate of drug-likeness (QED) is 0.699. The summed E-state index contributed by atoms with van der Waals surface area (Å²) in [6.07, 6.45) is 0.622. The van der Waals surface area contributed by atoms with Crippen LogP contribution in [0.3, 0.4) is 0 Å². The van der Waals surface area contributed by atoms with Crippen LogP contribution in [-0.2, 0) is 11.3 Å². The first-order chi connectivity index (χ1) is 14.5. The predicted molar refractivity (Wildman–Crippen MR) is 114 cm³/mol. The number of aromatic nitrogens is 2. The minimum Gasteiger partial charge on any atom is -0.486 e. The highest BCUT2D eigenvalue weighted by molar-refractivity contribution is 5.92. The Morgan fingerprint density at radius 3 is 2.60 bits per heavy atom. The van der Waals surface area contributed by atoms with Crippen molar-refractivity contribution in [3.63, 3.8) is 0 Å². The van der Waals surface area contributed by atoms with Gasteiger partial charge in [-0.15, -0.1) is 0 Å². The molecule has 1 aliphatic rings.